The molecule has 0 saturated carbocycles. The van der Waals surface area contributed by atoms with Gasteiger partial charge in [0.05, 0.1) is 6.10 Å². The summed E-state index contributed by atoms with van der Waals surface area (Å²) < 4.78 is 0. The SMILES string of the molecule is Cc1ccc(C(=O)CCC(=O)NC(C(=O)O)C(C)O)cc1C. The average molecular weight is 307 g/mol. The van der Waals surface area contributed by atoms with E-state index < -0.39 is 24.0 Å². The maximum absolute atomic E-state index is 12.0. The van der Waals surface area contributed by atoms with Crippen molar-refractivity contribution in [3.8, 4) is 0 Å². The number of hydrogen-bond donors (Lipinski definition) is 3. The molecule has 0 saturated heterocycles. The van der Waals surface area contributed by atoms with Crippen molar-refractivity contribution in [3.05, 3.63) is 34.9 Å². The van der Waals surface area contributed by atoms with E-state index in [1.54, 1.807) is 12.1 Å². The molecule has 0 aliphatic rings. The third-order valence-electron chi connectivity index (χ3n) is 3.47. The van der Waals surface area contributed by atoms with E-state index in [2.05, 4.69) is 5.32 Å². The number of carboxylic acids is 1. The number of carbonyl (C=O) groups is 3. The molecule has 0 aliphatic carbocycles. The Bertz CT molecular complexity index is 580. The van der Waals surface area contributed by atoms with Crippen molar-refractivity contribution < 1.29 is 24.6 Å². The van der Waals surface area contributed by atoms with Crippen LogP contribution in [0.25, 0.3) is 0 Å². The number of carbonyl (C=O) groups excluding carboxylic acids is 2. The molecular formula is C16H21NO5. The zero-order chi connectivity index (χ0) is 16.9. The van der Waals surface area contributed by atoms with Gasteiger partial charge >= 0.3 is 5.97 Å². The van der Waals surface area contributed by atoms with Gasteiger partial charge in [0.1, 0.15) is 0 Å². The highest BCUT2D eigenvalue weighted by Crippen LogP contribution is 2.12. The van der Waals surface area contributed by atoms with E-state index in [9.17, 15) is 19.5 Å². The van der Waals surface area contributed by atoms with Crippen LogP contribution in [0.1, 0.15) is 41.3 Å². The molecule has 0 radical (unpaired) electrons. The smallest absolute Gasteiger partial charge is 0.328 e. The molecule has 0 aliphatic heterocycles. The van der Waals surface area contributed by atoms with E-state index in [0.29, 0.717) is 5.56 Å². The van der Waals surface area contributed by atoms with E-state index in [1.807, 2.05) is 19.9 Å². The quantitative estimate of drug-likeness (QED) is 0.657. The molecule has 120 valence electrons. The van der Waals surface area contributed by atoms with E-state index in [-0.39, 0.29) is 18.6 Å². The molecule has 0 aromatic heterocycles. The lowest BCUT2D eigenvalue weighted by molar-refractivity contribution is -0.144. The Labute approximate surface area is 129 Å². The fourth-order valence-corrected chi connectivity index (χ4v) is 1.92. The van der Waals surface area contributed by atoms with Crippen molar-refractivity contribution >= 4 is 17.7 Å². The highest BCUT2D eigenvalue weighted by molar-refractivity contribution is 5.98. The molecule has 1 aromatic carbocycles. The number of aryl methyl sites for hydroxylation is 2. The van der Waals surface area contributed by atoms with Gasteiger partial charge in [0.25, 0.3) is 0 Å². The summed E-state index contributed by atoms with van der Waals surface area (Å²) in [4.78, 5) is 34.6. The fraction of sp³-hybridized carbons (Fsp3) is 0.438. The summed E-state index contributed by atoms with van der Waals surface area (Å²) in [5.74, 6) is -2.07. The molecular weight excluding hydrogens is 286 g/mol. The van der Waals surface area contributed by atoms with E-state index in [1.165, 1.54) is 6.92 Å². The number of Topliss-reactive ketones (excluding diaryl/α,β-unsaturated/α-hetero) is 1. The van der Waals surface area contributed by atoms with Crippen LogP contribution in [0.3, 0.4) is 0 Å². The van der Waals surface area contributed by atoms with Crippen LogP contribution in [0.2, 0.25) is 0 Å². The molecule has 0 fully saturated rings. The molecule has 0 heterocycles. The molecule has 6 nitrogen and oxygen atoms in total. The lowest BCUT2D eigenvalue weighted by atomic mass is 10.0. The van der Waals surface area contributed by atoms with Crippen LogP contribution in [-0.4, -0.2) is 40.0 Å². The summed E-state index contributed by atoms with van der Waals surface area (Å²) in [5.41, 5.74) is 2.60. The van der Waals surface area contributed by atoms with Gasteiger partial charge in [-0.25, -0.2) is 4.79 Å². The summed E-state index contributed by atoms with van der Waals surface area (Å²) in [6.45, 7) is 5.12. The summed E-state index contributed by atoms with van der Waals surface area (Å²) >= 11 is 0. The molecule has 3 N–H and O–H groups in total. The topological polar surface area (TPSA) is 104 Å². The summed E-state index contributed by atoms with van der Waals surface area (Å²) in [6, 6.07) is 3.95. The predicted molar refractivity (Wildman–Crippen MR) is 80.7 cm³/mol. The zero-order valence-corrected chi connectivity index (χ0v) is 12.9. The number of carboxylic acid groups (broad SMARTS) is 1. The Morgan fingerprint density at radius 3 is 2.27 bits per heavy atom. The highest BCUT2D eigenvalue weighted by Gasteiger charge is 2.25. The minimum Gasteiger partial charge on any atom is -0.480 e. The van der Waals surface area contributed by atoms with Gasteiger partial charge in [-0.3, -0.25) is 9.59 Å². The van der Waals surface area contributed by atoms with Crippen LogP contribution in [0.5, 0.6) is 0 Å². The summed E-state index contributed by atoms with van der Waals surface area (Å²) in [5, 5.41) is 20.3. The molecule has 2 atom stereocenters. The maximum Gasteiger partial charge on any atom is 0.328 e. The third kappa shape index (κ3) is 4.96. The Hall–Kier alpha value is -2.21. The largest absolute Gasteiger partial charge is 0.480 e. The van der Waals surface area contributed by atoms with Crippen molar-refractivity contribution in [2.75, 3.05) is 0 Å². The van der Waals surface area contributed by atoms with Crippen LogP contribution in [0.15, 0.2) is 18.2 Å². The van der Waals surface area contributed by atoms with Gasteiger partial charge in [-0.2, -0.15) is 0 Å². The zero-order valence-electron chi connectivity index (χ0n) is 12.9. The standard InChI is InChI=1S/C16H21NO5/c1-9-4-5-12(8-10(9)2)13(19)6-7-14(20)17-15(11(3)18)16(21)22/h4-5,8,11,15,18H,6-7H2,1-3H3,(H,17,20)(H,21,22). The highest BCUT2D eigenvalue weighted by atomic mass is 16.4. The Balaban J connectivity index is 2.58. The Kier molecular flexibility index (Phi) is 6.24. The second-order valence-electron chi connectivity index (χ2n) is 5.35. The van der Waals surface area contributed by atoms with Crippen molar-refractivity contribution in [3.63, 3.8) is 0 Å². The number of rotatable bonds is 7. The number of benzene rings is 1. The van der Waals surface area contributed by atoms with Gasteiger partial charge in [-0.05, 0) is 38.0 Å². The van der Waals surface area contributed by atoms with Crippen molar-refractivity contribution in [2.45, 2.75) is 45.8 Å². The molecule has 1 rings (SSSR count). The molecule has 6 heteroatoms. The van der Waals surface area contributed by atoms with Crippen molar-refractivity contribution in [1.29, 1.82) is 0 Å². The lowest BCUT2D eigenvalue weighted by Crippen LogP contribution is -2.47. The minimum atomic E-state index is -1.37. The molecule has 0 spiro atoms. The van der Waals surface area contributed by atoms with Gasteiger partial charge in [0, 0.05) is 18.4 Å². The lowest BCUT2D eigenvalue weighted by Gasteiger charge is -2.16. The van der Waals surface area contributed by atoms with Gasteiger partial charge in [-0.1, -0.05) is 12.1 Å². The Morgan fingerprint density at radius 2 is 1.77 bits per heavy atom. The first-order valence-corrected chi connectivity index (χ1v) is 7.03. The molecule has 22 heavy (non-hydrogen) atoms. The van der Waals surface area contributed by atoms with Crippen molar-refractivity contribution in [1.82, 2.24) is 5.32 Å². The van der Waals surface area contributed by atoms with E-state index in [4.69, 9.17) is 5.11 Å². The third-order valence-corrected chi connectivity index (χ3v) is 3.47. The van der Waals surface area contributed by atoms with Crippen LogP contribution in [0.4, 0.5) is 0 Å². The normalized spacial score (nSPS) is 13.3. The second kappa shape index (κ2) is 7.70. The van der Waals surface area contributed by atoms with Crippen LogP contribution in [-0.2, 0) is 9.59 Å². The van der Waals surface area contributed by atoms with Crippen molar-refractivity contribution in [2.24, 2.45) is 0 Å². The predicted octanol–water partition coefficient (Wildman–Crippen LogP) is 1.22. The summed E-state index contributed by atoms with van der Waals surface area (Å²) in [7, 11) is 0. The molecule has 1 aromatic rings. The number of ketones is 1. The number of hydrogen-bond acceptors (Lipinski definition) is 4. The number of aliphatic carboxylic acids is 1. The first-order valence-electron chi connectivity index (χ1n) is 7.03. The van der Waals surface area contributed by atoms with Crippen LogP contribution < -0.4 is 5.32 Å². The molecule has 1 amide bonds. The number of aliphatic hydroxyl groups is 1. The van der Waals surface area contributed by atoms with Gasteiger partial charge in [-0.15, -0.1) is 0 Å². The van der Waals surface area contributed by atoms with Gasteiger partial charge in [0.15, 0.2) is 11.8 Å². The molecule has 2 unspecified atom stereocenters. The van der Waals surface area contributed by atoms with Gasteiger partial charge in [0.2, 0.25) is 5.91 Å². The number of nitrogens with one attached hydrogen (secondary N) is 1. The minimum absolute atomic E-state index is 0.0134. The molecule has 0 bridgehead atoms. The monoisotopic (exact) mass is 307 g/mol. The maximum atomic E-state index is 12.0. The number of aliphatic hydroxyl groups excluding tert-OH is 1. The average Bonchev–Trinajstić information content (AvgIpc) is 2.44. The fourth-order valence-electron chi connectivity index (χ4n) is 1.92. The van der Waals surface area contributed by atoms with Crippen LogP contribution in [0, 0.1) is 13.8 Å². The van der Waals surface area contributed by atoms with Gasteiger partial charge < -0.3 is 15.5 Å². The summed E-state index contributed by atoms with van der Waals surface area (Å²) in [6.07, 6.45) is -1.35. The number of amides is 1. The first-order chi connectivity index (χ1) is 10.2. The van der Waals surface area contributed by atoms with Crippen LogP contribution >= 0.6 is 0 Å². The first kappa shape index (κ1) is 17.8. The Morgan fingerprint density at radius 1 is 1.14 bits per heavy atom. The van der Waals surface area contributed by atoms with E-state index >= 15 is 0 Å². The second-order valence-corrected chi connectivity index (χ2v) is 5.35. The van der Waals surface area contributed by atoms with E-state index in [0.717, 1.165) is 11.1 Å².